The zero-order valence-corrected chi connectivity index (χ0v) is 14.8. The first kappa shape index (κ1) is 16.0. The van der Waals surface area contributed by atoms with Crippen LogP contribution in [0.3, 0.4) is 0 Å². The van der Waals surface area contributed by atoms with Gasteiger partial charge >= 0.3 is 6.03 Å². The van der Waals surface area contributed by atoms with E-state index in [0.717, 1.165) is 42.0 Å². The number of amides is 2. The minimum absolute atomic E-state index is 0.0296. The monoisotopic (exact) mass is 362 g/mol. The molecule has 0 aliphatic carbocycles. The van der Waals surface area contributed by atoms with Crippen molar-refractivity contribution < 1.29 is 9.18 Å². The molecule has 24 heavy (non-hydrogen) atoms. The quantitative estimate of drug-likeness (QED) is 0.818. The smallest absolute Gasteiger partial charge is 0.318 e. The van der Waals surface area contributed by atoms with Gasteiger partial charge in [0.2, 0.25) is 0 Å². The van der Waals surface area contributed by atoms with Crippen molar-refractivity contribution in [2.75, 3.05) is 12.3 Å². The Morgan fingerprint density at radius 1 is 1.29 bits per heavy atom. The number of carbonyl (C=O) groups is 1. The lowest BCUT2D eigenvalue weighted by Crippen LogP contribution is -2.41. The van der Waals surface area contributed by atoms with Gasteiger partial charge in [-0.25, -0.2) is 9.18 Å². The van der Waals surface area contributed by atoms with Gasteiger partial charge in [-0.05, 0) is 54.5 Å². The molecular weight excluding hydrogens is 343 g/mol. The van der Waals surface area contributed by atoms with Gasteiger partial charge < -0.3 is 10.2 Å². The molecule has 1 saturated heterocycles. The molecule has 3 heterocycles. The highest BCUT2D eigenvalue weighted by molar-refractivity contribution is 7.99. The van der Waals surface area contributed by atoms with Gasteiger partial charge in [0.15, 0.2) is 0 Å². The molecule has 0 spiro atoms. The number of halogens is 1. The van der Waals surface area contributed by atoms with Crippen LogP contribution in [0, 0.1) is 5.82 Å². The van der Waals surface area contributed by atoms with Crippen LogP contribution in [0.2, 0.25) is 0 Å². The predicted molar refractivity (Wildman–Crippen MR) is 96.0 cm³/mol. The molecule has 3 nitrogen and oxygen atoms in total. The summed E-state index contributed by atoms with van der Waals surface area (Å²) in [4.78, 5) is 17.1. The van der Waals surface area contributed by atoms with Gasteiger partial charge in [0.05, 0.1) is 12.1 Å². The molecule has 2 unspecified atom stereocenters. The molecule has 1 fully saturated rings. The maximum Gasteiger partial charge on any atom is 0.318 e. The Labute approximate surface area is 149 Å². The molecule has 1 aromatic heterocycles. The highest BCUT2D eigenvalue weighted by Gasteiger charge is 2.32. The number of hydrogen-bond acceptors (Lipinski definition) is 3. The number of hydrogen-bond donors (Lipinski definition) is 1. The van der Waals surface area contributed by atoms with Crippen LogP contribution in [0.15, 0.2) is 40.6 Å². The van der Waals surface area contributed by atoms with Crippen molar-refractivity contribution >= 4 is 29.1 Å². The normalized spacial score (nSPS) is 23.1. The number of nitrogens with one attached hydrogen (secondary N) is 1. The number of urea groups is 1. The first-order valence-corrected chi connectivity index (χ1v) is 10.1. The van der Waals surface area contributed by atoms with E-state index in [2.05, 4.69) is 16.8 Å². The van der Waals surface area contributed by atoms with E-state index in [1.165, 1.54) is 10.9 Å². The molecule has 2 aliphatic heterocycles. The molecule has 2 atom stereocenters. The number of carbonyl (C=O) groups excluding carboxylic acids is 1. The first-order valence-electron chi connectivity index (χ1n) is 8.25. The van der Waals surface area contributed by atoms with E-state index < -0.39 is 0 Å². The van der Waals surface area contributed by atoms with Gasteiger partial charge in [-0.3, -0.25) is 0 Å². The molecule has 2 amide bonds. The van der Waals surface area contributed by atoms with Crippen molar-refractivity contribution in [3.05, 3.63) is 52.0 Å². The van der Waals surface area contributed by atoms with Crippen LogP contribution in [0.4, 0.5) is 9.18 Å². The van der Waals surface area contributed by atoms with Crippen molar-refractivity contribution in [2.24, 2.45) is 0 Å². The zero-order valence-electron chi connectivity index (χ0n) is 13.2. The van der Waals surface area contributed by atoms with Crippen molar-refractivity contribution in [1.82, 2.24) is 10.2 Å². The molecule has 4 rings (SSSR count). The van der Waals surface area contributed by atoms with Crippen LogP contribution in [-0.4, -0.2) is 23.2 Å². The van der Waals surface area contributed by atoms with Crippen molar-refractivity contribution in [3.63, 3.8) is 0 Å². The summed E-state index contributed by atoms with van der Waals surface area (Å²) in [5, 5.41) is 5.20. The Morgan fingerprint density at radius 3 is 3.04 bits per heavy atom. The number of likely N-dealkylation sites (tertiary alicyclic amines) is 1. The van der Waals surface area contributed by atoms with Gasteiger partial charge in [-0.1, -0.05) is 6.07 Å². The summed E-state index contributed by atoms with van der Waals surface area (Å²) in [6.45, 7) is 0.784. The molecule has 0 saturated carbocycles. The van der Waals surface area contributed by atoms with E-state index in [4.69, 9.17) is 0 Å². The van der Waals surface area contributed by atoms with Crippen LogP contribution >= 0.6 is 23.1 Å². The standard InChI is InChI=1S/C18H19FN2OS2/c19-12-5-6-16-13(11-12)14(7-10-24-16)20-18(22)21-8-1-3-15(21)17-4-2-9-23-17/h2,4-6,9,11,14-15H,1,3,7-8,10H2,(H,20,22). The molecule has 2 aliphatic rings. The molecule has 6 heteroatoms. The molecule has 0 radical (unpaired) electrons. The zero-order chi connectivity index (χ0) is 16.5. The Balaban J connectivity index is 1.52. The second-order valence-electron chi connectivity index (χ2n) is 6.19. The SMILES string of the molecule is O=C(NC1CCSc2ccc(F)cc21)N1CCCC1c1cccs1. The van der Waals surface area contributed by atoms with Gasteiger partial charge in [-0.15, -0.1) is 23.1 Å². The summed E-state index contributed by atoms with van der Waals surface area (Å²) >= 11 is 3.43. The number of benzene rings is 1. The topological polar surface area (TPSA) is 32.3 Å². The summed E-state index contributed by atoms with van der Waals surface area (Å²) in [5.41, 5.74) is 0.909. The third kappa shape index (κ3) is 3.05. The maximum absolute atomic E-state index is 13.6. The molecule has 1 aromatic carbocycles. The lowest BCUT2D eigenvalue weighted by molar-refractivity contribution is 0.189. The van der Waals surface area contributed by atoms with E-state index in [-0.39, 0.29) is 23.9 Å². The highest BCUT2D eigenvalue weighted by atomic mass is 32.2. The third-order valence-corrected chi connectivity index (χ3v) is 6.79. The van der Waals surface area contributed by atoms with Crippen molar-refractivity contribution in [2.45, 2.75) is 36.2 Å². The van der Waals surface area contributed by atoms with Crippen LogP contribution in [-0.2, 0) is 0 Å². The summed E-state index contributed by atoms with van der Waals surface area (Å²) in [6, 6.07) is 9.05. The van der Waals surface area contributed by atoms with Crippen LogP contribution in [0.5, 0.6) is 0 Å². The number of thioether (sulfide) groups is 1. The maximum atomic E-state index is 13.6. The number of nitrogens with zero attached hydrogens (tertiary/aromatic N) is 1. The fraction of sp³-hybridized carbons (Fsp3) is 0.389. The largest absolute Gasteiger partial charge is 0.331 e. The second-order valence-corrected chi connectivity index (χ2v) is 8.30. The lowest BCUT2D eigenvalue weighted by Gasteiger charge is -2.30. The summed E-state index contributed by atoms with van der Waals surface area (Å²) in [7, 11) is 0. The van der Waals surface area contributed by atoms with Crippen LogP contribution < -0.4 is 5.32 Å². The highest BCUT2D eigenvalue weighted by Crippen LogP contribution is 2.38. The van der Waals surface area contributed by atoms with Crippen LogP contribution in [0.1, 0.15) is 41.8 Å². The van der Waals surface area contributed by atoms with E-state index in [1.54, 1.807) is 29.2 Å². The van der Waals surface area contributed by atoms with Gasteiger partial charge in [0.25, 0.3) is 0 Å². The minimum Gasteiger partial charge on any atom is -0.331 e. The van der Waals surface area contributed by atoms with E-state index in [9.17, 15) is 9.18 Å². The van der Waals surface area contributed by atoms with Crippen molar-refractivity contribution in [3.8, 4) is 0 Å². The lowest BCUT2D eigenvalue weighted by atomic mass is 10.0. The number of rotatable bonds is 2. The summed E-state index contributed by atoms with van der Waals surface area (Å²) in [5.74, 6) is 0.700. The van der Waals surface area contributed by atoms with E-state index >= 15 is 0 Å². The van der Waals surface area contributed by atoms with Crippen LogP contribution in [0.25, 0.3) is 0 Å². The first-order chi connectivity index (χ1) is 11.7. The average Bonchev–Trinajstić information content (AvgIpc) is 3.26. The fourth-order valence-corrected chi connectivity index (χ4v) is 5.51. The Bertz CT molecular complexity index is 735. The average molecular weight is 362 g/mol. The van der Waals surface area contributed by atoms with E-state index in [1.807, 2.05) is 17.0 Å². The third-order valence-electron chi connectivity index (χ3n) is 4.69. The Kier molecular flexibility index (Phi) is 4.50. The Hall–Kier alpha value is -1.53. The molecule has 1 N–H and O–H groups in total. The van der Waals surface area contributed by atoms with E-state index in [0.29, 0.717) is 0 Å². The number of thiophene rings is 1. The van der Waals surface area contributed by atoms with Crippen molar-refractivity contribution in [1.29, 1.82) is 0 Å². The summed E-state index contributed by atoms with van der Waals surface area (Å²) in [6.07, 6.45) is 2.88. The molecule has 2 aromatic rings. The van der Waals surface area contributed by atoms with Gasteiger partial charge in [0, 0.05) is 22.1 Å². The predicted octanol–water partition coefficient (Wildman–Crippen LogP) is 4.97. The minimum atomic E-state index is -0.242. The van der Waals surface area contributed by atoms with Gasteiger partial charge in [0.1, 0.15) is 5.82 Å². The molecule has 0 bridgehead atoms. The molecule has 126 valence electrons. The Morgan fingerprint density at radius 2 is 2.21 bits per heavy atom. The second kappa shape index (κ2) is 6.76. The summed E-state index contributed by atoms with van der Waals surface area (Å²) < 4.78 is 13.6. The van der Waals surface area contributed by atoms with Gasteiger partial charge in [-0.2, -0.15) is 0 Å². The fourth-order valence-electron chi connectivity index (χ4n) is 3.53. The molecular formula is C18H19FN2OS2. The number of fused-ring (bicyclic) bond motifs is 1.